The maximum Gasteiger partial charge on any atom is 0.213 e. The van der Waals surface area contributed by atoms with E-state index >= 15 is 0 Å². The number of hydrogen-bond acceptors (Lipinski definition) is 3. The first-order valence-corrected chi connectivity index (χ1v) is 9.71. The molecule has 0 saturated heterocycles. The van der Waals surface area contributed by atoms with Crippen molar-refractivity contribution in [2.75, 3.05) is 13.7 Å². The lowest BCUT2D eigenvalue weighted by Gasteiger charge is -2.07. The Kier molecular flexibility index (Phi) is 5.40. The van der Waals surface area contributed by atoms with Gasteiger partial charge in [-0.3, -0.25) is 0 Å². The van der Waals surface area contributed by atoms with E-state index in [9.17, 15) is 0 Å². The number of hydrogen-bond donors (Lipinski definition) is 2. The van der Waals surface area contributed by atoms with Crippen molar-refractivity contribution in [3.05, 3.63) is 72.3 Å². The van der Waals surface area contributed by atoms with Gasteiger partial charge in [-0.25, -0.2) is 4.98 Å². The smallest absolute Gasteiger partial charge is 0.213 e. The van der Waals surface area contributed by atoms with E-state index in [-0.39, 0.29) is 0 Å². The second-order valence-corrected chi connectivity index (χ2v) is 6.92. The molecule has 0 unspecified atom stereocenters. The van der Waals surface area contributed by atoms with E-state index in [0.29, 0.717) is 12.4 Å². The van der Waals surface area contributed by atoms with Crippen LogP contribution in [0.15, 0.2) is 66.7 Å². The molecular weight excluding hydrogens is 346 g/mol. The number of aromatic nitrogens is 2. The van der Waals surface area contributed by atoms with Gasteiger partial charge in [0.1, 0.15) is 0 Å². The van der Waals surface area contributed by atoms with Crippen molar-refractivity contribution in [3.8, 4) is 28.4 Å². The lowest BCUT2D eigenvalue weighted by atomic mass is 9.99. The normalized spacial score (nSPS) is 11.1. The zero-order valence-corrected chi connectivity index (χ0v) is 16.1. The van der Waals surface area contributed by atoms with Gasteiger partial charge in [-0.05, 0) is 60.7 Å². The molecule has 4 heteroatoms. The van der Waals surface area contributed by atoms with Crippen LogP contribution in [-0.2, 0) is 6.42 Å². The first-order valence-electron chi connectivity index (χ1n) is 9.71. The van der Waals surface area contributed by atoms with E-state index in [1.54, 1.807) is 7.11 Å². The third-order valence-electron chi connectivity index (χ3n) is 5.08. The van der Waals surface area contributed by atoms with E-state index in [1.807, 2.05) is 24.3 Å². The number of pyridine rings is 1. The van der Waals surface area contributed by atoms with Crippen molar-refractivity contribution in [2.24, 2.45) is 5.73 Å². The number of methoxy groups -OCH3 is 1. The molecule has 4 rings (SSSR count). The Bertz CT molecular complexity index is 1070. The summed E-state index contributed by atoms with van der Waals surface area (Å²) in [7, 11) is 1.64. The second kappa shape index (κ2) is 8.28. The van der Waals surface area contributed by atoms with Crippen LogP contribution in [-0.4, -0.2) is 23.6 Å². The number of nitrogens with two attached hydrogens (primary N) is 1. The topological polar surface area (TPSA) is 63.9 Å². The number of nitrogens with zero attached hydrogens (tertiary/aromatic N) is 1. The van der Waals surface area contributed by atoms with Gasteiger partial charge in [-0.15, -0.1) is 0 Å². The summed E-state index contributed by atoms with van der Waals surface area (Å²) in [5.41, 5.74) is 12.6. The number of fused-ring (bicyclic) bond motifs is 1. The van der Waals surface area contributed by atoms with E-state index in [0.717, 1.165) is 36.2 Å². The molecule has 142 valence electrons. The number of ether oxygens (including phenoxy) is 1. The van der Waals surface area contributed by atoms with Crippen LogP contribution < -0.4 is 10.5 Å². The van der Waals surface area contributed by atoms with Gasteiger partial charge in [0, 0.05) is 17.0 Å². The molecule has 3 N–H and O–H groups in total. The predicted molar refractivity (Wildman–Crippen MR) is 116 cm³/mol. The third kappa shape index (κ3) is 3.64. The Morgan fingerprint density at radius 3 is 2.57 bits per heavy atom. The molecule has 0 aliphatic rings. The maximum atomic E-state index is 5.73. The van der Waals surface area contributed by atoms with Crippen LogP contribution in [0.5, 0.6) is 5.88 Å². The molecule has 0 atom stereocenters. The lowest BCUT2D eigenvalue weighted by molar-refractivity contribution is 0.398. The second-order valence-electron chi connectivity index (χ2n) is 6.92. The van der Waals surface area contributed by atoms with Crippen molar-refractivity contribution in [2.45, 2.75) is 19.3 Å². The van der Waals surface area contributed by atoms with E-state index in [1.165, 1.54) is 22.1 Å². The summed E-state index contributed by atoms with van der Waals surface area (Å²) in [5, 5.41) is 1.25. The van der Waals surface area contributed by atoms with Crippen molar-refractivity contribution < 1.29 is 4.74 Å². The van der Waals surface area contributed by atoms with Crippen LogP contribution in [0.1, 0.15) is 18.4 Å². The summed E-state index contributed by atoms with van der Waals surface area (Å²) in [6, 6.07) is 23.0. The van der Waals surface area contributed by atoms with Crippen LogP contribution in [0.3, 0.4) is 0 Å². The van der Waals surface area contributed by atoms with Crippen molar-refractivity contribution in [1.29, 1.82) is 0 Å². The van der Waals surface area contributed by atoms with Crippen LogP contribution in [0, 0.1) is 0 Å². The third-order valence-corrected chi connectivity index (χ3v) is 5.08. The highest BCUT2D eigenvalue weighted by atomic mass is 16.5. The van der Waals surface area contributed by atoms with Crippen molar-refractivity contribution >= 4 is 10.9 Å². The molecule has 0 amide bonds. The minimum absolute atomic E-state index is 0.619. The fraction of sp³-hybridized carbons (Fsp3) is 0.208. The van der Waals surface area contributed by atoms with Gasteiger partial charge in [-0.1, -0.05) is 42.5 Å². The zero-order chi connectivity index (χ0) is 19.3. The zero-order valence-electron chi connectivity index (χ0n) is 16.1. The van der Waals surface area contributed by atoms with Gasteiger partial charge in [0.05, 0.1) is 18.5 Å². The van der Waals surface area contributed by atoms with Gasteiger partial charge < -0.3 is 15.5 Å². The van der Waals surface area contributed by atoms with Gasteiger partial charge in [0.2, 0.25) is 5.88 Å². The summed E-state index contributed by atoms with van der Waals surface area (Å²) in [5.74, 6) is 0.619. The van der Waals surface area contributed by atoms with Gasteiger partial charge in [-0.2, -0.15) is 0 Å². The molecule has 2 heterocycles. The lowest BCUT2D eigenvalue weighted by Crippen LogP contribution is -1.99. The molecule has 0 aliphatic heterocycles. The molecule has 0 radical (unpaired) electrons. The fourth-order valence-corrected chi connectivity index (χ4v) is 3.65. The minimum atomic E-state index is 0.619. The Morgan fingerprint density at radius 2 is 1.79 bits per heavy atom. The predicted octanol–water partition coefficient (Wildman–Crippen LogP) is 5.19. The summed E-state index contributed by atoms with van der Waals surface area (Å²) in [6.45, 7) is 0.713. The van der Waals surface area contributed by atoms with E-state index < -0.39 is 0 Å². The largest absolute Gasteiger partial charge is 0.481 e. The molecule has 4 nitrogen and oxygen atoms in total. The van der Waals surface area contributed by atoms with E-state index in [2.05, 4.69) is 52.4 Å². The highest BCUT2D eigenvalue weighted by molar-refractivity contribution is 5.93. The van der Waals surface area contributed by atoms with Crippen LogP contribution in [0.2, 0.25) is 0 Å². The van der Waals surface area contributed by atoms with E-state index in [4.69, 9.17) is 10.5 Å². The molecule has 28 heavy (non-hydrogen) atoms. The van der Waals surface area contributed by atoms with Gasteiger partial charge >= 0.3 is 0 Å². The highest BCUT2D eigenvalue weighted by Gasteiger charge is 2.15. The first-order chi connectivity index (χ1) is 13.8. The average molecular weight is 371 g/mol. The van der Waals surface area contributed by atoms with Crippen LogP contribution in [0.25, 0.3) is 33.4 Å². The molecule has 2 aromatic heterocycles. The summed E-state index contributed by atoms with van der Waals surface area (Å²) >= 11 is 0. The Morgan fingerprint density at radius 1 is 0.929 bits per heavy atom. The molecule has 0 bridgehead atoms. The number of unbranched alkanes of at least 4 members (excludes halogenated alkanes) is 1. The molecule has 0 saturated carbocycles. The number of aromatic amines is 1. The average Bonchev–Trinajstić information content (AvgIpc) is 3.12. The van der Waals surface area contributed by atoms with Crippen LogP contribution >= 0.6 is 0 Å². The molecule has 0 spiro atoms. The summed E-state index contributed by atoms with van der Waals surface area (Å²) < 4.78 is 5.32. The standard InChI is InChI=1S/C24H25N3O/c1-28-23-12-7-11-22(26-23)24-19(10-5-6-15-25)20-16-18(13-14-21(20)27-24)17-8-3-2-4-9-17/h2-4,7-9,11-14,16,27H,5-6,10,15,25H2,1H3. The number of benzene rings is 2. The minimum Gasteiger partial charge on any atom is -0.481 e. The number of H-pyrrole nitrogens is 1. The highest BCUT2D eigenvalue weighted by Crippen LogP contribution is 2.34. The van der Waals surface area contributed by atoms with Gasteiger partial charge in [0.15, 0.2) is 0 Å². The van der Waals surface area contributed by atoms with Gasteiger partial charge in [0.25, 0.3) is 0 Å². The number of rotatable bonds is 7. The quantitative estimate of drug-likeness (QED) is 0.440. The number of aryl methyl sites for hydroxylation is 1. The molecule has 2 aromatic carbocycles. The summed E-state index contributed by atoms with van der Waals surface area (Å²) in [6.07, 6.45) is 3.02. The molecule has 0 aliphatic carbocycles. The first kappa shape index (κ1) is 18.3. The molecule has 4 aromatic rings. The number of nitrogens with one attached hydrogen (secondary N) is 1. The van der Waals surface area contributed by atoms with Crippen molar-refractivity contribution in [1.82, 2.24) is 9.97 Å². The molecule has 0 fully saturated rings. The SMILES string of the molecule is COc1cccc(-c2[nH]c3ccc(-c4ccccc4)cc3c2CCCCN)n1. The van der Waals surface area contributed by atoms with Crippen LogP contribution in [0.4, 0.5) is 0 Å². The monoisotopic (exact) mass is 371 g/mol. The van der Waals surface area contributed by atoms with Crippen molar-refractivity contribution in [3.63, 3.8) is 0 Å². The maximum absolute atomic E-state index is 5.73. The molecular formula is C24H25N3O. The Balaban J connectivity index is 1.85. The summed E-state index contributed by atoms with van der Waals surface area (Å²) in [4.78, 5) is 8.24. The fourth-order valence-electron chi connectivity index (χ4n) is 3.65. The Hall–Kier alpha value is -3.11. The Labute approximate surface area is 165 Å².